The molecule has 0 atom stereocenters. The molecule has 0 fully saturated rings. The van der Waals surface area contributed by atoms with Crippen LogP contribution in [0.3, 0.4) is 0 Å². The summed E-state index contributed by atoms with van der Waals surface area (Å²) in [5.74, 6) is -181. The van der Waals surface area contributed by atoms with Crippen LogP contribution in [0.1, 0.15) is 38.5 Å². The monoisotopic (exact) mass is 1520 g/mol. The summed E-state index contributed by atoms with van der Waals surface area (Å²) >= 11 is 0. The predicted molar refractivity (Wildman–Crippen MR) is 192 cm³/mol. The Morgan fingerprint density at radius 3 is 0.441 bits per heavy atom. The third-order valence-electron chi connectivity index (χ3n) is 12.3. The van der Waals surface area contributed by atoms with E-state index in [9.17, 15) is 229 Å². The Labute approximate surface area is 477 Å². The fourth-order valence-electron chi connectivity index (χ4n) is 6.38. The summed E-state index contributed by atoms with van der Waals surface area (Å²) in [5, 5.41) is 9.87. The second-order valence-electron chi connectivity index (χ2n) is 19.1. The minimum atomic E-state index is -9.16. The van der Waals surface area contributed by atoms with Crippen molar-refractivity contribution in [3.8, 4) is 0 Å². The van der Waals surface area contributed by atoms with Crippen molar-refractivity contribution in [3.05, 3.63) is 0 Å². The highest BCUT2D eigenvalue weighted by Crippen LogP contribution is 2.68. The maximum Gasteiger partial charge on any atom is 0.460 e. The first-order valence-corrected chi connectivity index (χ1v) is 22.4. The molecule has 560 valence electrons. The Morgan fingerprint density at radius 1 is 0.183 bits per heavy atom. The highest BCUT2D eigenvalue weighted by molar-refractivity contribution is 5.18. The summed E-state index contributed by atoms with van der Waals surface area (Å²) in [6, 6.07) is 0. The van der Waals surface area contributed by atoms with Crippen molar-refractivity contribution >= 4 is 0 Å². The smallest absolute Gasteiger partial charge is 0.396 e. The van der Waals surface area contributed by atoms with Crippen molar-refractivity contribution in [2.75, 3.05) is 46.2 Å². The molecule has 0 spiro atoms. The molecule has 0 heterocycles. The maximum atomic E-state index is 14.4. The van der Waals surface area contributed by atoms with Gasteiger partial charge in [0.05, 0.1) is 31.8 Å². The van der Waals surface area contributed by atoms with Crippen molar-refractivity contribution < 1.29 is 243 Å². The predicted octanol–water partition coefficient (Wildman–Crippen LogP) is 18.4. The van der Waals surface area contributed by atoms with Gasteiger partial charge in [0.15, 0.2) is 0 Å². The van der Waals surface area contributed by atoms with E-state index in [1.807, 2.05) is 0 Å². The highest BCUT2D eigenvalue weighted by atomic mass is 19.5. The van der Waals surface area contributed by atoms with Crippen LogP contribution in [-0.2, 0) is 14.2 Å². The van der Waals surface area contributed by atoms with Gasteiger partial charge in [-0.2, -0.15) is 224 Å². The Bertz CT molecular complexity index is 2190. The van der Waals surface area contributed by atoms with Crippen LogP contribution in [0.4, 0.5) is 224 Å². The molecule has 0 aromatic carbocycles. The van der Waals surface area contributed by atoms with E-state index in [1.165, 1.54) is 0 Å². The fourth-order valence-corrected chi connectivity index (χ4v) is 6.38. The number of aliphatic hydroxyl groups is 1. The van der Waals surface area contributed by atoms with E-state index in [1.54, 1.807) is 0 Å². The Morgan fingerprint density at radius 2 is 0.312 bits per heavy atom. The van der Waals surface area contributed by atoms with Crippen molar-refractivity contribution in [1.29, 1.82) is 0 Å². The van der Waals surface area contributed by atoms with Crippen LogP contribution in [0.15, 0.2) is 0 Å². The highest BCUT2D eigenvalue weighted by Gasteiger charge is 2.98. The third kappa shape index (κ3) is 13.8. The molecule has 0 bridgehead atoms. The molecule has 0 aliphatic heterocycles. The number of rotatable bonds is 37. The van der Waals surface area contributed by atoms with Gasteiger partial charge in [0.25, 0.3) is 0 Å². The first-order valence-electron chi connectivity index (χ1n) is 22.4. The summed E-state index contributed by atoms with van der Waals surface area (Å²) in [6.07, 6.45) is -41.8. The number of halogens is 51. The van der Waals surface area contributed by atoms with Crippen molar-refractivity contribution in [2.24, 2.45) is 5.41 Å². The van der Waals surface area contributed by atoms with Crippen LogP contribution >= 0.6 is 0 Å². The SMILES string of the molecule is OCC(COCCCC(F)(F)C(F)(F)C(F)(F)C(F)(F)C(F)(F)C(F)(F)C(F)(F)C(F)(F)F)(COCCCC(F)(F)C(F)(F)C(F)(F)C(F)(F)C(F)(F)C(F)(F)C(F)(F)C(F)(F)F)COCCCC(F)(F)C(F)(F)C(F)(F)C(F)(F)C(F)(F)C(F)(F)C(F)(F)C(F)(F)F. The summed E-state index contributed by atoms with van der Waals surface area (Å²) in [6.45, 7) is -14.8. The molecule has 0 rings (SSSR count). The van der Waals surface area contributed by atoms with E-state index in [0.717, 1.165) is 0 Å². The standard InChI is InChI=1S/C38H27F51O4/c39-15(40,18(45,46)21(51,52)24(57,58)27(63,64)30(69,70)33(75,76)36(81,82)83)4-1-7-91-11-14(10-90,12-92-8-2-5-16(41,42)19(47,48)22(53,54)25(59,60)28(65,66)31(71,72)34(77,78)37(84,85)86)13-93-9-3-6-17(43,44)20(49,50)23(55,56)26(61,62)29(67,68)32(73,74)35(79,80)38(87,88)89/h90H,1-13H2. The lowest BCUT2D eigenvalue weighted by Crippen LogP contribution is -2.74. The molecule has 0 unspecified atom stereocenters. The summed E-state index contributed by atoms with van der Waals surface area (Å²) in [7, 11) is 0. The molecule has 0 saturated heterocycles. The minimum Gasteiger partial charge on any atom is -0.396 e. The molecule has 0 aromatic heterocycles. The fraction of sp³-hybridized carbons (Fsp3) is 1.00. The molecule has 0 amide bonds. The summed E-state index contributed by atoms with van der Waals surface area (Å²) < 4.78 is 707. The summed E-state index contributed by atoms with van der Waals surface area (Å²) in [5.41, 5.74) is -3.25. The van der Waals surface area contributed by atoms with E-state index in [4.69, 9.17) is 0 Å². The molecular formula is C38H27F51O4. The van der Waals surface area contributed by atoms with Crippen LogP contribution in [0, 0.1) is 5.41 Å². The van der Waals surface area contributed by atoms with Crippen LogP contribution in [0.25, 0.3) is 0 Å². The van der Waals surface area contributed by atoms with Crippen molar-refractivity contribution in [3.63, 3.8) is 0 Å². The molecule has 4 nitrogen and oxygen atoms in total. The topological polar surface area (TPSA) is 47.9 Å². The van der Waals surface area contributed by atoms with Gasteiger partial charge in [0.2, 0.25) is 0 Å². The largest absolute Gasteiger partial charge is 0.460 e. The van der Waals surface area contributed by atoms with Gasteiger partial charge in [0.1, 0.15) is 0 Å². The molecule has 55 heteroatoms. The van der Waals surface area contributed by atoms with Crippen molar-refractivity contribution in [2.45, 2.75) is 181 Å². The van der Waals surface area contributed by atoms with Crippen LogP contribution in [-0.4, -0.2) is 194 Å². The number of hydrogen-bond donors (Lipinski definition) is 1. The van der Waals surface area contributed by atoms with E-state index >= 15 is 0 Å². The van der Waals surface area contributed by atoms with Gasteiger partial charge >= 0.3 is 143 Å². The lowest BCUT2D eigenvalue weighted by atomic mass is 9.88. The van der Waals surface area contributed by atoms with E-state index < -0.39 is 233 Å². The van der Waals surface area contributed by atoms with Gasteiger partial charge < -0.3 is 19.3 Å². The zero-order chi connectivity index (χ0) is 75.8. The normalized spacial score (nSPS) is 16.6. The van der Waals surface area contributed by atoms with E-state index in [2.05, 4.69) is 14.2 Å². The Hall–Kier alpha value is -3.73. The molecular weight excluding hydrogens is 1490 g/mol. The third-order valence-corrected chi connectivity index (χ3v) is 12.3. The van der Waals surface area contributed by atoms with Gasteiger partial charge in [0, 0.05) is 39.1 Å². The molecule has 0 saturated carbocycles. The minimum absolute atomic E-state index is 2.07. The van der Waals surface area contributed by atoms with E-state index in [-0.39, 0.29) is 0 Å². The Balaban J connectivity index is 7.14. The number of hydrogen-bond acceptors (Lipinski definition) is 4. The lowest BCUT2D eigenvalue weighted by molar-refractivity contribution is -0.461. The van der Waals surface area contributed by atoms with Gasteiger partial charge in [-0.15, -0.1) is 0 Å². The van der Waals surface area contributed by atoms with Crippen LogP contribution in [0.5, 0.6) is 0 Å². The molecule has 1 N–H and O–H groups in total. The molecule has 93 heavy (non-hydrogen) atoms. The second-order valence-corrected chi connectivity index (χ2v) is 19.1. The average molecular weight is 1520 g/mol. The molecule has 0 radical (unpaired) electrons. The van der Waals surface area contributed by atoms with Crippen molar-refractivity contribution in [1.82, 2.24) is 0 Å². The van der Waals surface area contributed by atoms with Gasteiger partial charge in [-0.3, -0.25) is 0 Å². The van der Waals surface area contributed by atoms with Crippen LogP contribution < -0.4 is 0 Å². The van der Waals surface area contributed by atoms with Gasteiger partial charge in [-0.1, -0.05) is 0 Å². The zero-order valence-corrected chi connectivity index (χ0v) is 42.6. The molecule has 0 aromatic rings. The second kappa shape index (κ2) is 25.5. The first kappa shape index (κ1) is 89.3. The lowest BCUT2D eigenvalue weighted by Gasteiger charge is -2.42. The van der Waals surface area contributed by atoms with Gasteiger partial charge in [-0.25, -0.2) is 0 Å². The number of alkyl halides is 51. The number of ether oxygens (including phenoxy) is 3. The Kier molecular flexibility index (Phi) is 24.5. The quantitative estimate of drug-likeness (QED) is 0.0497. The van der Waals surface area contributed by atoms with Gasteiger partial charge in [-0.05, 0) is 19.3 Å². The molecule has 0 aliphatic rings. The van der Waals surface area contributed by atoms with Crippen LogP contribution in [0.2, 0.25) is 0 Å². The maximum absolute atomic E-state index is 14.4. The molecule has 0 aliphatic carbocycles. The van der Waals surface area contributed by atoms with E-state index in [0.29, 0.717) is 0 Å². The first-order chi connectivity index (χ1) is 39.9. The summed E-state index contributed by atoms with van der Waals surface area (Å²) in [4.78, 5) is 0. The number of aliphatic hydroxyl groups excluding tert-OH is 1. The zero-order valence-electron chi connectivity index (χ0n) is 42.6. The average Bonchev–Trinajstić information content (AvgIpc) is 0.710.